The van der Waals surface area contributed by atoms with Crippen LogP contribution < -0.4 is 4.74 Å². The van der Waals surface area contributed by atoms with Crippen molar-refractivity contribution in [2.45, 2.75) is 90.4 Å². The molecule has 186 valence electrons. The fourth-order valence-electron chi connectivity index (χ4n) is 7.65. The molecule has 4 saturated carbocycles. The number of carbonyl (C=O) groups is 2. The molecule has 0 heterocycles. The molecule has 4 aliphatic rings. The molecule has 2 bridgehead atoms. The Hall–Kier alpha value is -1.91. The molecule has 0 aromatic heterocycles. The standard InChI is InChI=1S/C29H39FO4/c1-3-29(14-18-9-17(2)10-19(11-18)15-29)16-34-26-13-25(30)24(12-23(26)20-7-8-20)27(31)21-5-4-6-22(21)28(32)33/h12-13,17-22H,3-11,14-16H2,1-2H3,(H,32,33)/t17?,18?,19?,21-,22-,29?/m0/s1. The van der Waals surface area contributed by atoms with E-state index in [0.717, 1.165) is 42.6 Å². The minimum atomic E-state index is -0.949. The van der Waals surface area contributed by atoms with Gasteiger partial charge in [0.25, 0.3) is 0 Å². The van der Waals surface area contributed by atoms with Crippen LogP contribution >= 0.6 is 0 Å². The number of carbonyl (C=O) groups excluding carboxylic acids is 1. The Morgan fingerprint density at radius 2 is 1.74 bits per heavy atom. The minimum absolute atomic E-state index is 0.0544. The second-order valence-electron chi connectivity index (χ2n) is 12.1. The third kappa shape index (κ3) is 4.64. The van der Waals surface area contributed by atoms with E-state index in [1.807, 2.05) is 0 Å². The van der Waals surface area contributed by atoms with Gasteiger partial charge in [0, 0.05) is 17.4 Å². The van der Waals surface area contributed by atoms with E-state index in [9.17, 15) is 14.7 Å². The van der Waals surface area contributed by atoms with Gasteiger partial charge in [-0.1, -0.05) is 20.3 Å². The Morgan fingerprint density at radius 1 is 1.06 bits per heavy atom. The first-order valence-electron chi connectivity index (χ1n) is 13.5. The summed E-state index contributed by atoms with van der Waals surface area (Å²) in [7, 11) is 0. The van der Waals surface area contributed by atoms with Crippen LogP contribution in [-0.2, 0) is 4.79 Å². The van der Waals surface area contributed by atoms with E-state index in [2.05, 4.69) is 13.8 Å². The summed E-state index contributed by atoms with van der Waals surface area (Å²) in [5.41, 5.74) is 1.14. The maximum Gasteiger partial charge on any atom is 0.307 e. The molecule has 4 aliphatic carbocycles. The summed E-state index contributed by atoms with van der Waals surface area (Å²) in [4.78, 5) is 24.8. The van der Waals surface area contributed by atoms with E-state index >= 15 is 4.39 Å². The largest absolute Gasteiger partial charge is 0.493 e. The van der Waals surface area contributed by atoms with E-state index in [4.69, 9.17) is 4.74 Å². The normalized spacial score (nSPS) is 35.2. The van der Waals surface area contributed by atoms with Gasteiger partial charge in [-0.25, -0.2) is 4.39 Å². The van der Waals surface area contributed by atoms with Crippen molar-refractivity contribution in [1.29, 1.82) is 0 Å². The zero-order valence-electron chi connectivity index (χ0n) is 20.7. The highest BCUT2D eigenvalue weighted by molar-refractivity contribution is 6.00. The molecule has 1 N–H and O–H groups in total. The van der Waals surface area contributed by atoms with Gasteiger partial charge in [-0.05, 0) is 99.5 Å². The maximum atomic E-state index is 15.3. The molecular formula is C29H39FO4. The number of ether oxygens (including phenoxy) is 1. The molecule has 2 unspecified atom stereocenters. The van der Waals surface area contributed by atoms with Crippen LogP contribution in [-0.4, -0.2) is 23.5 Å². The summed E-state index contributed by atoms with van der Waals surface area (Å²) in [5, 5.41) is 9.49. The van der Waals surface area contributed by atoms with Crippen molar-refractivity contribution in [3.05, 3.63) is 29.1 Å². The Balaban J connectivity index is 1.36. The van der Waals surface area contributed by atoms with E-state index in [0.29, 0.717) is 37.5 Å². The van der Waals surface area contributed by atoms with Gasteiger partial charge in [0.05, 0.1) is 18.1 Å². The van der Waals surface area contributed by atoms with Crippen LogP contribution in [0.1, 0.15) is 106 Å². The van der Waals surface area contributed by atoms with Gasteiger partial charge in [0.2, 0.25) is 0 Å². The van der Waals surface area contributed by atoms with Crippen molar-refractivity contribution < 1.29 is 23.8 Å². The minimum Gasteiger partial charge on any atom is -0.493 e. The molecule has 5 heteroatoms. The summed E-state index contributed by atoms with van der Waals surface area (Å²) in [6.45, 7) is 5.26. The third-order valence-corrected chi connectivity index (χ3v) is 9.42. The van der Waals surface area contributed by atoms with E-state index in [1.165, 1.54) is 38.2 Å². The van der Waals surface area contributed by atoms with E-state index in [1.54, 1.807) is 6.07 Å². The number of hydrogen-bond donors (Lipinski definition) is 1. The molecular weight excluding hydrogens is 431 g/mol. The van der Waals surface area contributed by atoms with Crippen LogP contribution in [0.5, 0.6) is 5.75 Å². The van der Waals surface area contributed by atoms with Crippen molar-refractivity contribution in [2.24, 2.45) is 35.0 Å². The van der Waals surface area contributed by atoms with E-state index < -0.39 is 23.6 Å². The highest BCUT2D eigenvalue weighted by Gasteiger charge is 2.44. The zero-order valence-corrected chi connectivity index (χ0v) is 20.7. The summed E-state index contributed by atoms with van der Waals surface area (Å²) in [6.07, 6.45) is 11.2. The number of benzene rings is 1. The second-order valence-corrected chi connectivity index (χ2v) is 12.1. The zero-order chi connectivity index (χ0) is 24.0. The monoisotopic (exact) mass is 470 g/mol. The lowest BCUT2D eigenvalue weighted by Crippen LogP contribution is -2.41. The number of carboxylic acids is 1. The molecule has 34 heavy (non-hydrogen) atoms. The smallest absolute Gasteiger partial charge is 0.307 e. The van der Waals surface area contributed by atoms with Gasteiger partial charge >= 0.3 is 5.97 Å². The lowest BCUT2D eigenvalue weighted by atomic mass is 9.58. The second kappa shape index (κ2) is 9.28. The van der Waals surface area contributed by atoms with Gasteiger partial charge in [-0.3, -0.25) is 9.59 Å². The number of ketones is 1. The fraction of sp³-hybridized carbons (Fsp3) is 0.724. The number of hydrogen-bond acceptors (Lipinski definition) is 3. The van der Waals surface area contributed by atoms with Crippen molar-refractivity contribution in [3.8, 4) is 5.75 Å². The number of aliphatic carboxylic acids is 1. The van der Waals surface area contributed by atoms with E-state index in [-0.39, 0.29) is 16.8 Å². The van der Waals surface area contributed by atoms with Crippen LogP contribution in [0.4, 0.5) is 4.39 Å². The van der Waals surface area contributed by atoms with Crippen LogP contribution in [0, 0.1) is 40.8 Å². The average molecular weight is 471 g/mol. The lowest BCUT2D eigenvalue weighted by molar-refractivity contribution is -0.142. The highest BCUT2D eigenvalue weighted by Crippen LogP contribution is 2.52. The predicted molar refractivity (Wildman–Crippen MR) is 129 cm³/mol. The molecule has 1 aromatic carbocycles. The van der Waals surface area contributed by atoms with Gasteiger partial charge in [-0.15, -0.1) is 0 Å². The Bertz CT molecular complexity index is 934. The molecule has 0 spiro atoms. The Labute approximate surface area is 202 Å². The first-order chi connectivity index (χ1) is 16.3. The van der Waals surface area contributed by atoms with Gasteiger partial charge in [-0.2, -0.15) is 0 Å². The summed E-state index contributed by atoms with van der Waals surface area (Å²) in [6, 6.07) is 3.11. The summed E-state index contributed by atoms with van der Waals surface area (Å²) < 4.78 is 21.7. The van der Waals surface area contributed by atoms with Crippen LogP contribution in [0.3, 0.4) is 0 Å². The predicted octanol–water partition coefficient (Wildman–Crippen LogP) is 7.01. The number of fused-ring (bicyclic) bond motifs is 2. The highest BCUT2D eigenvalue weighted by atomic mass is 19.1. The molecule has 0 amide bonds. The third-order valence-electron chi connectivity index (χ3n) is 9.42. The quantitative estimate of drug-likeness (QED) is 0.415. The van der Waals surface area contributed by atoms with Crippen LogP contribution in [0.2, 0.25) is 0 Å². The van der Waals surface area contributed by atoms with Crippen molar-refractivity contribution in [2.75, 3.05) is 6.61 Å². The SMILES string of the molecule is CCC1(COc2cc(F)c(C(=O)[C@H]3CCC[C@@H]3C(=O)O)cc2C2CC2)CC2CC(C)CC(C2)C1. The Kier molecular flexibility index (Phi) is 6.50. The molecule has 0 saturated heterocycles. The topological polar surface area (TPSA) is 63.6 Å². The fourth-order valence-corrected chi connectivity index (χ4v) is 7.65. The number of halogens is 1. The van der Waals surface area contributed by atoms with Gasteiger partial charge < -0.3 is 9.84 Å². The molecule has 4 atom stereocenters. The maximum absolute atomic E-state index is 15.3. The summed E-state index contributed by atoms with van der Waals surface area (Å²) >= 11 is 0. The average Bonchev–Trinajstić information content (AvgIpc) is 3.51. The molecule has 1 aromatic rings. The molecule has 0 aliphatic heterocycles. The number of Topliss-reactive ketones (excluding diaryl/α,β-unsaturated/α-hetero) is 1. The lowest BCUT2D eigenvalue weighted by Gasteiger charge is -2.48. The molecule has 0 radical (unpaired) electrons. The van der Waals surface area contributed by atoms with Gasteiger partial charge in [0.1, 0.15) is 11.6 Å². The van der Waals surface area contributed by atoms with Crippen molar-refractivity contribution in [3.63, 3.8) is 0 Å². The van der Waals surface area contributed by atoms with Crippen LogP contribution in [0.25, 0.3) is 0 Å². The molecule has 4 nitrogen and oxygen atoms in total. The van der Waals surface area contributed by atoms with Crippen molar-refractivity contribution in [1.82, 2.24) is 0 Å². The number of rotatable bonds is 8. The first kappa shape index (κ1) is 23.8. The molecule has 4 fully saturated rings. The Morgan fingerprint density at radius 3 is 2.35 bits per heavy atom. The number of carboxylic acid groups (broad SMARTS) is 1. The molecule has 5 rings (SSSR count). The summed E-state index contributed by atoms with van der Waals surface area (Å²) in [5.74, 6) is 0.0769. The van der Waals surface area contributed by atoms with Crippen molar-refractivity contribution >= 4 is 11.8 Å². The van der Waals surface area contributed by atoms with Crippen LogP contribution in [0.15, 0.2) is 12.1 Å². The first-order valence-corrected chi connectivity index (χ1v) is 13.5. The van der Waals surface area contributed by atoms with Gasteiger partial charge in [0.15, 0.2) is 5.78 Å².